The number of hydrogen-bond donors (Lipinski definition) is 1. The van der Waals surface area contributed by atoms with Crippen LogP contribution in [0.1, 0.15) is 17.4 Å². The number of carbonyl (C=O) groups excluding carboxylic acids is 1. The van der Waals surface area contributed by atoms with E-state index in [1.165, 1.54) is 0 Å². The summed E-state index contributed by atoms with van der Waals surface area (Å²) in [5, 5.41) is 6.82. The quantitative estimate of drug-likeness (QED) is 0.899. The highest BCUT2D eigenvalue weighted by atomic mass is 79.9. The topological polar surface area (TPSA) is 59.8 Å². The first-order chi connectivity index (χ1) is 8.61. The van der Waals surface area contributed by atoms with Gasteiger partial charge < -0.3 is 5.32 Å². The third kappa shape index (κ3) is 2.78. The molecule has 0 aliphatic heterocycles. The Bertz CT molecular complexity index is 565. The SMILES string of the molecule is CCn1ncc(Br)c1C(=O)Nc1ccc(Br)cn1. The summed E-state index contributed by atoms with van der Waals surface area (Å²) in [7, 11) is 0. The van der Waals surface area contributed by atoms with Crippen LogP contribution in [-0.2, 0) is 6.54 Å². The summed E-state index contributed by atoms with van der Waals surface area (Å²) >= 11 is 6.60. The van der Waals surface area contributed by atoms with E-state index in [2.05, 4.69) is 47.3 Å². The molecule has 7 heteroatoms. The lowest BCUT2D eigenvalue weighted by Gasteiger charge is -2.06. The number of amides is 1. The second kappa shape index (κ2) is 5.62. The third-order valence-electron chi connectivity index (χ3n) is 2.28. The highest BCUT2D eigenvalue weighted by molar-refractivity contribution is 9.10. The Kier molecular flexibility index (Phi) is 4.13. The van der Waals surface area contributed by atoms with Crippen molar-refractivity contribution in [3.05, 3.63) is 39.2 Å². The summed E-state index contributed by atoms with van der Waals surface area (Å²) in [4.78, 5) is 16.2. The molecule has 0 bridgehead atoms. The molecule has 94 valence electrons. The van der Waals surface area contributed by atoms with E-state index in [9.17, 15) is 4.79 Å². The van der Waals surface area contributed by atoms with Gasteiger partial charge in [0.15, 0.2) is 0 Å². The second-order valence-electron chi connectivity index (χ2n) is 3.47. The number of nitrogens with one attached hydrogen (secondary N) is 1. The number of aromatic nitrogens is 3. The Hall–Kier alpha value is -1.21. The lowest BCUT2D eigenvalue weighted by atomic mass is 10.4. The zero-order chi connectivity index (χ0) is 13.1. The Morgan fingerprint density at radius 2 is 2.17 bits per heavy atom. The number of pyridine rings is 1. The van der Waals surface area contributed by atoms with Crippen molar-refractivity contribution in [3.63, 3.8) is 0 Å². The van der Waals surface area contributed by atoms with Crippen molar-refractivity contribution in [1.82, 2.24) is 14.8 Å². The zero-order valence-electron chi connectivity index (χ0n) is 9.52. The molecule has 0 saturated carbocycles. The molecule has 0 aliphatic carbocycles. The first-order valence-corrected chi connectivity index (χ1v) is 6.84. The Balaban J connectivity index is 2.21. The molecule has 0 aromatic carbocycles. The number of nitrogens with zero attached hydrogens (tertiary/aromatic N) is 3. The number of hydrogen-bond acceptors (Lipinski definition) is 3. The van der Waals surface area contributed by atoms with Crippen molar-refractivity contribution in [2.45, 2.75) is 13.5 Å². The standard InChI is InChI=1S/C11H10Br2N4O/c1-2-17-10(8(13)6-15-17)11(18)16-9-4-3-7(12)5-14-9/h3-6H,2H2,1H3,(H,14,16,18). The van der Waals surface area contributed by atoms with E-state index < -0.39 is 0 Å². The van der Waals surface area contributed by atoms with Gasteiger partial charge in [-0.2, -0.15) is 5.10 Å². The Morgan fingerprint density at radius 1 is 1.39 bits per heavy atom. The molecular formula is C11H10Br2N4O. The minimum atomic E-state index is -0.240. The molecule has 0 aliphatic rings. The largest absolute Gasteiger partial charge is 0.305 e. The number of carbonyl (C=O) groups is 1. The Morgan fingerprint density at radius 3 is 2.78 bits per heavy atom. The van der Waals surface area contributed by atoms with Gasteiger partial charge in [-0.1, -0.05) is 0 Å². The van der Waals surface area contributed by atoms with Crippen LogP contribution < -0.4 is 5.32 Å². The first-order valence-electron chi connectivity index (χ1n) is 5.26. The normalized spacial score (nSPS) is 10.4. The molecule has 5 nitrogen and oxygen atoms in total. The average molecular weight is 374 g/mol. The fraction of sp³-hybridized carbons (Fsp3) is 0.182. The molecule has 0 atom stereocenters. The second-order valence-corrected chi connectivity index (χ2v) is 5.24. The average Bonchev–Trinajstić information content (AvgIpc) is 2.73. The van der Waals surface area contributed by atoms with Crippen molar-refractivity contribution in [1.29, 1.82) is 0 Å². The number of aryl methyl sites for hydroxylation is 1. The summed E-state index contributed by atoms with van der Waals surface area (Å²) in [6, 6.07) is 3.54. The minimum absolute atomic E-state index is 0.240. The van der Waals surface area contributed by atoms with E-state index in [1.807, 2.05) is 13.0 Å². The molecule has 2 heterocycles. The predicted molar refractivity (Wildman–Crippen MR) is 75.5 cm³/mol. The summed E-state index contributed by atoms with van der Waals surface area (Å²) in [5.41, 5.74) is 0.488. The maximum Gasteiger partial charge on any atom is 0.276 e. The molecule has 1 N–H and O–H groups in total. The smallest absolute Gasteiger partial charge is 0.276 e. The molecule has 2 aromatic rings. The van der Waals surface area contributed by atoms with Crippen LogP contribution in [0.15, 0.2) is 33.5 Å². The predicted octanol–water partition coefficient (Wildman–Crippen LogP) is 3.08. The van der Waals surface area contributed by atoms with Gasteiger partial charge >= 0.3 is 0 Å². The van der Waals surface area contributed by atoms with Crippen molar-refractivity contribution >= 4 is 43.6 Å². The van der Waals surface area contributed by atoms with Gasteiger partial charge in [0.2, 0.25) is 0 Å². The van der Waals surface area contributed by atoms with E-state index >= 15 is 0 Å². The molecule has 18 heavy (non-hydrogen) atoms. The molecule has 2 rings (SSSR count). The van der Waals surface area contributed by atoms with Crippen LogP contribution in [-0.4, -0.2) is 20.7 Å². The Labute approximate surface area is 121 Å². The van der Waals surface area contributed by atoms with E-state index in [0.29, 0.717) is 22.5 Å². The highest BCUT2D eigenvalue weighted by Gasteiger charge is 2.16. The molecular weight excluding hydrogens is 364 g/mol. The number of halogens is 2. The molecule has 1 amide bonds. The molecule has 2 aromatic heterocycles. The van der Waals surface area contributed by atoms with Crippen LogP contribution in [0.25, 0.3) is 0 Å². The van der Waals surface area contributed by atoms with Crippen LogP contribution in [0.3, 0.4) is 0 Å². The molecule has 0 unspecified atom stereocenters. The molecule has 0 fully saturated rings. The lowest BCUT2D eigenvalue weighted by molar-refractivity contribution is 0.101. The van der Waals surface area contributed by atoms with Crippen LogP contribution in [0.2, 0.25) is 0 Å². The number of anilines is 1. The van der Waals surface area contributed by atoms with Gasteiger partial charge in [0.1, 0.15) is 11.5 Å². The minimum Gasteiger partial charge on any atom is -0.305 e. The van der Waals surface area contributed by atoms with Gasteiger partial charge in [-0.3, -0.25) is 9.48 Å². The van der Waals surface area contributed by atoms with E-state index in [1.54, 1.807) is 23.1 Å². The maximum atomic E-state index is 12.1. The van der Waals surface area contributed by atoms with Crippen molar-refractivity contribution in [2.24, 2.45) is 0 Å². The van der Waals surface area contributed by atoms with Gasteiger partial charge in [-0.15, -0.1) is 0 Å². The maximum absolute atomic E-state index is 12.1. The van der Waals surface area contributed by atoms with Crippen molar-refractivity contribution < 1.29 is 4.79 Å². The van der Waals surface area contributed by atoms with E-state index in [-0.39, 0.29) is 5.91 Å². The molecule has 0 saturated heterocycles. The van der Waals surface area contributed by atoms with Gasteiger partial charge in [0, 0.05) is 17.2 Å². The number of rotatable bonds is 3. The lowest BCUT2D eigenvalue weighted by Crippen LogP contribution is -2.18. The van der Waals surface area contributed by atoms with Gasteiger partial charge in [-0.05, 0) is 50.9 Å². The van der Waals surface area contributed by atoms with Gasteiger partial charge in [-0.25, -0.2) is 4.98 Å². The van der Waals surface area contributed by atoms with Crippen LogP contribution in [0.5, 0.6) is 0 Å². The fourth-order valence-corrected chi connectivity index (χ4v) is 2.16. The monoisotopic (exact) mass is 372 g/mol. The fourth-order valence-electron chi connectivity index (χ4n) is 1.45. The molecule has 0 radical (unpaired) electrons. The molecule has 0 spiro atoms. The van der Waals surface area contributed by atoms with Crippen LogP contribution in [0.4, 0.5) is 5.82 Å². The van der Waals surface area contributed by atoms with Gasteiger partial charge in [0.05, 0.1) is 10.7 Å². The van der Waals surface area contributed by atoms with Crippen LogP contribution >= 0.6 is 31.9 Å². The zero-order valence-corrected chi connectivity index (χ0v) is 12.7. The van der Waals surface area contributed by atoms with Crippen molar-refractivity contribution in [3.8, 4) is 0 Å². The summed E-state index contributed by atoms with van der Waals surface area (Å²) in [5.74, 6) is 0.259. The van der Waals surface area contributed by atoms with E-state index in [0.717, 1.165) is 4.47 Å². The van der Waals surface area contributed by atoms with Crippen molar-refractivity contribution in [2.75, 3.05) is 5.32 Å². The van der Waals surface area contributed by atoms with Gasteiger partial charge in [0.25, 0.3) is 5.91 Å². The highest BCUT2D eigenvalue weighted by Crippen LogP contribution is 2.18. The van der Waals surface area contributed by atoms with E-state index in [4.69, 9.17) is 0 Å². The summed E-state index contributed by atoms with van der Waals surface area (Å²) in [6.45, 7) is 2.55. The summed E-state index contributed by atoms with van der Waals surface area (Å²) < 4.78 is 3.15. The van der Waals surface area contributed by atoms with Crippen LogP contribution in [0, 0.1) is 0 Å². The third-order valence-corrected chi connectivity index (χ3v) is 3.33. The summed E-state index contributed by atoms with van der Waals surface area (Å²) in [6.07, 6.45) is 3.23. The first kappa shape index (κ1) is 13.2.